The van der Waals surface area contributed by atoms with Gasteiger partial charge in [0.05, 0.1) is 11.1 Å². The molecule has 0 aliphatic heterocycles. The first-order valence-corrected chi connectivity index (χ1v) is 8.58. The number of nitrogens with one attached hydrogen (secondary N) is 1. The molecule has 1 fully saturated rings. The lowest BCUT2D eigenvalue weighted by atomic mass is 9.71. The second-order valence-corrected chi connectivity index (χ2v) is 6.73. The Bertz CT molecular complexity index is 906. The molecule has 1 aliphatic rings. The summed E-state index contributed by atoms with van der Waals surface area (Å²) in [6.45, 7) is 0. The Morgan fingerprint density at radius 2 is 1.89 bits per heavy atom. The number of hydrogen-bond acceptors (Lipinski definition) is 6. The Labute approximate surface area is 162 Å². The van der Waals surface area contributed by atoms with E-state index in [0.29, 0.717) is 23.4 Å². The second-order valence-electron chi connectivity index (χ2n) is 6.29. The summed E-state index contributed by atoms with van der Waals surface area (Å²) in [5.41, 5.74) is -0.615. The third-order valence-corrected chi connectivity index (χ3v) is 4.78. The lowest BCUT2D eigenvalue weighted by molar-refractivity contribution is -0.140. The Morgan fingerprint density at radius 3 is 2.43 bits per heavy atom. The van der Waals surface area contributed by atoms with Crippen molar-refractivity contribution in [2.45, 2.75) is 31.2 Å². The molecule has 1 saturated carbocycles. The van der Waals surface area contributed by atoms with Gasteiger partial charge in [-0.25, -0.2) is 25.2 Å². The molecule has 7 nitrogen and oxygen atoms in total. The van der Waals surface area contributed by atoms with Crippen LogP contribution >= 0.6 is 11.6 Å². The summed E-state index contributed by atoms with van der Waals surface area (Å²) in [4.78, 5) is 30.9. The molecule has 0 saturated heterocycles. The highest BCUT2D eigenvalue weighted by molar-refractivity contribution is 6.30. The molecule has 0 atom stereocenters. The van der Waals surface area contributed by atoms with Crippen molar-refractivity contribution in [2.24, 2.45) is 5.84 Å². The number of alkyl halides is 2. The lowest BCUT2D eigenvalue weighted by Gasteiger charge is -2.43. The molecule has 3 rings (SSSR count). The summed E-state index contributed by atoms with van der Waals surface area (Å²) in [7, 11) is 0. The van der Waals surface area contributed by atoms with Gasteiger partial charge in [-0.3, -0.25) is 9.59 Å². The van der Waals surface area contributed by atoms with Gasteiger partial charge in [-0.15, -0.1) is 0 Å². The maximum absolute atomic E-state index is 14.3. The zero-order valence-electron chi connectivity index (χ0n) is 14.3. The van der Waals surface area contributed by atoms with Crippen LogP contribution in [0.4, 0.5) is 19.1 Å². The Balaban J connectivity index is 1.79. The van der Waals surface area contributed by atoms with Crippen LogP contribution in [0.1, 0.15) is 35.2 Å². The third kappa shape index (κ3) is 3.78. The number of anilines is 1. The second kappa shape index (κ2) is 7.72. The zero-order valence-corrected chi connectivity index (χ0v) is 15.1. The number of amides is 2. The van der Waals surface area contributed by atoms with E-state index in [1.165, 1.54) is 18.2 Å². The van der Waals surface area contributed by atoms with E-state index in [1.807, 2.05) is 0 Å². The maximum Gasteiger partial charge on any atom is 0.317 e. The molecule has 1 aromatic carbocycles. The topological polar surface area (TPSA) is 101 Å². The molecule has 28 heavy (non-hydrogen) atoms. The fraction of sp³-hybridized carbons (Fsp3) is 0.294. The number of aromatic nitrogens is 2. The minimum Gasteiger partial charge on any atom is -0.345 e. The average Bonchev–Trinajstić information content (AvgIpc) is 2.65. The Hall–Kier alpha value is -2.72. The summed E-state index contributed by atoms with van der Waals surface area (Å²) in [6.07, 6.45) is 0.755. The molecule has 0 bridgehead atoms. The van der Waals surface area contributed by atoms with Crippen LogP contribution in [0.5, 0.6) is 0 Å². The summed E-state index contributed by atoms with van der Waals surface area (Å²) in [5.74, 6) is 1.77. The molecule has 0 unspecified atom stereocenters. The Morgan fingerprint density at radius 1 is 1.25 bits per heavy atom. The van der Waals surface area contributed by atoms with Crippen LogP contribution in [-0.4, -0.2) is 33.2 Å². The number of nitrogens with zero attached hydrogens (tertiary/aromatic N) is 3. The standard InChI is InChI=1S/C17H15ClF3N5O2/c18-10-2-3-12(19)11(6-10)17(4-1-5-17)25-16-23-7-9(8-24-16)14(27)26(22)15(28)13(20)21/h2-3,6-8,13H,1,4-5,22H2,(H,23,24,25). The molecule has 1 aromatic heterocycles. The van der Waals surface area contributed by atoms with Gasteiger partial charge in [-0.05, 0) is 37.5 Å². The molecule has 1 aliphatic carbocycles. The predicted molar refractivity (Wildman–Crippen MR) is 94.0 cm³/mol. The van der Waals surface area contributed by atoms with Crippen LogP contribution in [0.25, 0.3) is 0 Å². The van der Waals surface area contributed by atoms with Crippen molar-refractivity contribution in [3.8, 4) is 0 Å². The minimum absolute atomic E-state index is 0.0967. The molecule has 2 aromatic rings. The number of imide groups is 1. The number of nitrogens with two attached hydrogens (primary N) is 1. The van der Waals surface area contributed by atoms with Crippen LogP contribution in [0.3, 0.4) is 0 Å². The smallest absolute Gasteiger partial charge is 0.317 e. The summed E-state index contributed by atoms with van der Waals surface area (Å²) in [6, 6.07) is 4.25. The van der Waals surface area contributed by atoms with E-state index in [9.17, 15) is 22.8 Å². The quantitative estimate of drug-likeness (QED) is 0.444. The highest BCUT2D eigenvalue weighted by Gasteiger charge is 2.41. The van der Waals surface area contributed by atoms with Crippen LogP contribution in [0, 0.1) is 5.82 Å². The van der Waals surface area contributed by atoms with E-state index >= 15 is 0 Å². The first kappa shape index (κ1) is 20.0. The summed E-state index contributed by atoms with van der Waals surface area (Å²) >= 11 is 5.98. The number of hydrazine groups is 1. The molecule has 3 N–H and O–H groups in total. The number of benzene rings is 1. The van der Waals surface area contributed by atoms with Crippen molar-refractivity contribution >= 4 is 29.4 Å². The van der Waals surface area contributed by atoms with Crippen LogP contribution in [0.2, 0.25) is 5.02 Å². The monoisotopic (exact) mass is 413 g/mol. The van der Waals surface area contributed by atoms with E-state index in [4.69, 9.17) is 17.4 Å². The Kier molecular flexibility index (Phi) is 5.52. The van der Waals surface area contributed by atoms with Gasteiger partial charge in [0.25, 0.3) is 5.91 Å². The van der Waals surface area contributed by atoms with E-state index in [0.717, 1.165) is 18.8 Å². The number of carbonyl (C=O) groups excluding carboxylic acids is 2. The van der Waals surface area contributed by atoms with Gasteiger partial charge in [0, 0.05) is 23.0 Å². The van der Waals surface area contributed by atoms with Crippen molar-refractivity contribution < 1.29 is 22.8 Å². The largest absolute Gasteiger partial charge is 0.345 e. The van der Waals surface area contributed by atoms with Gasteiger partial charge in [0.2, 0.25) is 5.95 Å². The van der Waals surface area contributed by atoms with Gasteiger partial charge in [-0.2, -0.15) is 8.78 Å². The predicted octanol–water partition coefficient (Wildman–Crippen LogP) is 2.87. The van der Waals surface area contributed by atoms with Gasteiger partial charge < -0.3 is 5.32 Å². The van der Waals surface area contributed by atoms with Crippen molar-refractivity contribution in [1.82, 2.24) is 15.0 Å². The van der Waals surface area contributed by atoms with Gasteiger partial charge in [0.15, 0.2) is 0 Å². The van der Waals surface area contributed by atoms with Gasteiger partial charge in [-0.1, -0.05) is 11.6 Å². The summed E-state index contributed by atoms with van der Waals surface area (Å²) < 4.78 is 39.0. The minimum atomic E-state index is -3.41. The number of hydrogen-bond donors (Lipinski definition) is 2. The fourth-order valence-corrected chi connectivity index (χ4v) is 3.09. The van der Waals surface area contributed by atoms with Crippen LogP contribution in [-0.2, 0) is 10.3 Å². The van der Waals surface area contributed by atoms with Gasteiger partial charge >= 0.3 is 12.3 Å². The molecule has 11 heteroatoms. The zero-order chi connectivity index (χ0) is 20.5. The molecule has 1 heterocycles. The van der Waals surface area contributed by atoms with Crippen LogP contribution < -0.4 is 11.2 Å². The average molecular weight is 414 g/mol. The highest BCUT2D eigenvalue weighted by atomic mass is 35.5. The lowest BCUT2D eigenvalue weighted by Crippen LogP contribution is -2.46. The van der Waals surface area contributed by atoms with Crippen molar-refractivity contribution in [2.75, 3.05) is 5.32 Å². The molecule has 0 spiro atoms. The number of halogens is 4. The fourth-order valence-electron chi connectivity index (χ4n) is 2.92. The van der Waals surface area contributed by atoms with E-state index < -0.39 is 29.6 Å². The van der Waals surface area contributed by atoms with Gasteiger partial charge in [0.1, 0.15) is 5.82 Å². The van der Waals surface area contributed by atoms with Crippen molar-refractivity contribution in [1.29, 1.82) is 0 Å². The van der Waals surface area contributed by atoms with Crippen LogP contribution in [0.15, 0.2) is 30.6 Å². The first-order chi connectivity index (χ1) is 13.2. The maximum atomic E-state index is 14.3. The molecule has 148 valence electrons. The SMILES string of the molecule is NN(C(=O)c1cnc(NC2(c3cc(Cl)ccc3F)CCC2)nc1)C(=O)C(F)F. The van der Waals surface area contributed by atoms with E-state index in [-0.39, 0.29) is 16.5 Å². The number of rotatable bonds is 5. The van der Waals surface area contributed by atoms with Crippen molar-refractivity contribution in [3.63, 3.8) is 0 Å². The molecular formula is C17H15ClF3N5O2. The normalized spacial score (nSPS) is 15.1. The van der Waals surface area contributed by atoms with Crippen molar-refractivity contribution in [3.05, 3.63) is 52.6 Å². The number of carbonyl (C=O) groups is 2. The first-order valence-electron chi connectivity index (χ1n) is 8.20. The summed E-state index contributed by atoms with van der Waals surface area (Å²) in [5, 5.41) is 3.25. The molecular weight excluding hydrogens is 399 g/mol. The van der Waals surface area contributed by atoms with E-state index in [1.54, 1.807) is 0 Å². The molecule has 2 amide bonds. The third-order valence-electron chi connectivity index (χ3n) is 4.54. The van der Waals surface area contributed by atoms with E-state index in [2.05, 4.69) is 15.3 Å². The molecule has 0 radical (unpaired) electrons. The highest BCUT2D eigenvalue weighted by Crippen LogP contribution is 2.45.